The summed E-state index contributed by atoms with van der Waals surface area (Å²) < 4.78 is 28.4. The molecule has 0 saturated carbocycles. The Balaban J connectivity index is 1.98. The van der Waals surface area contributed by atoms with E-state index in [0.29, 0.717) is 6.42 Å². The Labute approximate surface area is 169 Å². The summed E-state index contributed by atoms with van der Waals surface area (Å²) in [7, 11) is -3.45. The van der Waals surface area contributed by atoms with Crippen LogP contribution in [-0.4, -0.2) is 37.5 Å². The third-order valence-electron chi connectivity index (χ3n) is 4.05. The van der Waals surface area contributed by atoms with Crippen LogP contribution in [0.25, 0.3) is 10.9 Å². The molecule has 0 spiro atoms. The second-order valence-electron chi connectivity index (χ2n) is 5.90. The fraction of sp³-hybridized carbons (Fsp3) is 0.353. The highest BCUT2D eigenvalue weighted by atomic mass is 79.9. The van der Waals surface area contributed by atoms with E-state index >= 15 is 0 Å². The van der Waals surface area contributed by atoms with Gasteiger partial charge in [-0.3, -0.25) is 4.18 Å². The highest BCUT2D eigenvalue weighted by Gasteiger charge is 2.22. The van der Waals surface area contributed by atoms with Gasteiger partial charge in [0, 0.05) is 39.8 Å². The third-order valence-corrected chi connectivity index (χ3v) is 6.84. The van der Waals surface area contributed by atoms with Crippen molar-refractivity contribution in [3.63, 3.8) is 0 Å². The van der Waals surface area contributed by atoms with E-state index in [-0.39, 0.29) is 12.5 Å². The molecule has 1 N–H and O–H groups in total. The average Bonchev–Trinajstić information content (AvgIpc) is 3.18. The van der Waals surface area contributed by atoms with Crippen LogP contribution >= 0.6 is 39.0 Å². The minimum atomic E-state index is -3.45. The summed E-state index contributed by atoms with van der Waals surface area (Å²) in [5, 5.41) is 1.16. The number of hydrogen-bond donors (Lipinski definition) is 1. The van der Waals surface area contributed by atoms with E-state index in [0.717, 1.165) is 37.3 Å². The first kappa shape index (κ1) is 19.9. The van der Waals surface area contributed by atoms with E-state index in [2.05, 4.69) is 50.4 Å². The average molecular weight is 475 g/mol. The topological polar surface area (TPSA) is 72.1 Å². The first-order valence-corrected chi connectivity index (χ1v) is 12.7. The van der Waals surface area contributed by atoms with Gasteiger partial charge in [0.25, 0.3) is 10.1 Å². The Morgan fingerprint density at radius 3 is 2.88 bits per heavy atom. The lowest BCUT2D eigenvalue weighted by atomic mass is 9.94. The molecule has 1 unspecified atom stereocenters. The van der Waals surface area contributed by atoms with Gasteiger partial charge in [0.1, 0.15) is 0 Å². The number of aromatic amines is 1. The van der Waals surface area contributed by atoms with Crippen molar-refractivity contribution in [1.82, 2.24) is 9.97 Å². The molecule has 26 heavy (non-hydrogen) atoms. The van der Waals surface area contributed by atoms with Gasteiger partial charge in [-0.05, 0) is 39.7 Å². The summed E-state index contributed by atoms with van der Waals surface area (Å²) in [5.41, 5.74) is 3.53. The summed E-state index contributed by atoms with van der Waals surface area (Å²) in [6.07, 6.45) is 7.58. The number of hydrogen-bond acceptors (Lipinski definition) is 6. The lowest BCUT2D eigenvalue weighted by Crippen LogP contribution is -2.08. The lowest BCUT2D eigenvalue weighted by molar-refractivity contribution is 0.310. The maximum absolute atomic E-state index is 11.3. The molecular formula is C17H19BrN2O3S3. The molecule has 0 fully saturated rings. The van der Waals surface area contributed by atoms with Crippen LogP contribution in [-0.2, 0) is 20.1 Å². The summed E-state index contributed by atoms with van der Waals surface area (Å²) in [6.45, 7) is 0.135. The molecule has 0 aliphatic carbocycles. The van der Waals surface area contributed by atoms with Crippen LogP contribution in [0.15, 0.2) is 34.5 Å². The molecule has 0 amide bonds. The van der Waals surface area contributed by atoms with Crippen molar-refractivity contribution in [2.24, 2.45) is 0 Å². The molecule has 0 aliphatic rings. The molecule has 2 aromatic heterocycles. The van der Waals surface area contributed by atoms with Gasteiger partial charge >= 0.3 is 0 Å². The lowest BCUT2D eigenvalue weighted by Gasteiger charge is -2.14. The Morgan fingerprint density at radius 1 is 1.42 bits per heavy atom. The third kappa shape index (κ3) is 4.69. The number of halogens is 1. The molecular weight excluding hydrogens is 456 g/mol. The first-order valence-electron chi connectivity index (χ1n) is 7.92. The van der Waals surface area contributed by atoms with Crippen molar-refractivity contribution in [3.8, 4) is 0 Å². The van der Waals surface area contributed by atoms with E-state index < -0.39 is 10.1 Å². The predicted molar refractivity (Wildman–Crippen MR) is 113 cm³/mol. The molecule has 0 radical (unpaired) electrons. The molecule has 140 valence electrons. The van der Waals surface area contributed by atoms with Gasteiger partial charge in [0.05, 0.1) is 12.9 Å². The molecule has 3 aromatic rings. The number of nitrogens with one attached hydrogen (secondary N) is 1. The molecule has 1 aromatic carbocycles. The van der Waals surface area contributed by atoms with Crippen LogP contribution in [0.5, 0.6) is 0 Å². The van der Waals surface area contributed by atoms with Crippen molar-refractivity contribution < 1.29 is 12.6 Å². The predicted octanol–water partition coefficient (Wildman–Crippen LogP) is 4.75. The molecule has 2 heterocycles. The smallest absolute Gasteiger partial charge is 0.264 e. The number of fused-ring (bicyclic) bond motifs is 1. The summed E-state index contributed by atoms with van der Waals surface area (Å²) in [5.74, 6) is 0.949. The Hall–Kier alpha value is -0.870. The van der Waals surface area contributed by atoms with Crippen LogP contribution in [0.1, 0.15) is 28.3 Å². The molecule has 0 saturated heterocycles. The van der Waals surface area contributed by atoms with Crippen molar-refractivity contribution in [3.05, 3.63) is 50.5 Å². The van der Waals surface area contributed by atoms with E-state index in [9.17, 15) is 8.42 Å². The maximum atomic E-state index is 11.3. The van der Waals surface area contributed by atoms with E-state index in [1.54, 1.807) is 23.1 Å². The van der Waals surface area contributed by atoms with Gasteiger partial charge in [-0.2, -0.15) is 20.2 Å². The standard InChI is InChI=1S/C17H19BrN2O3S3/c1-24-10-11-4-3-5-13-14(8-19-16(11)13)12(6-7-23-26(2,21)22)15-9-20-17(18)25-15/h3-5,8-9,12,19H,6-7,10H2,1-2H3. The Kier molecular flexibility index (Phi) is 6.45. The summed E-state index contributed by atoms with van der Waals surface area (Å²) >= 11 is 6.76. The summed E-state index contributed by atoms with van der Waals surface area (Å²) in [4.78, 5) is 8.77. The second-order valence-corrected chi connectivity index (χ2v) is 10.7. The zero-order chi connectivity index (χ0) is 18.7. The zero-order valence-electron chi connectivity index (χ0n) is 14.4. The molecule has 9 heteroatoms. The van der Waals surface area contributed by atoms with Crippen molar-refractivity contribution in [2.45, 2.75) is 18.1 Å². The zero-order valence-corrected chi connectivity index (χ0v) is 18.4. The van der Waals surface area contributed by atoms with Gasteiger partial charge in [-0.15, -0.1) is 11.3 Å². The maximum Gasteiger partial charge on any atom is 0.264 e. The summed E-state index contributed by atoms with van der Waals surface area (Å²) in [6, 6.07) is 6.30. The number of thiazole rings is 1. The van der Waals surface area contributed by atoms with E-state index in [1.165, 1.54) is 5.56 Å². The Bertz CT molecular complexity index is 998. The molecule has 0 bridgehead atoms. The van der Waals surface area contributed by atoms with Crippen molar-refractivity contribution >= 4 is 60.0 Å². The van der Waals surface area contributed by atoms with Gasteiger partial charge in [-0.1, -0.05) is 18.2 Å². The van der Waals surface area contributed by atoms with Crippen molar-refractivity contribution in [2.75, 3.05) is 19.1 Å². The van der Waals surface area contributed by atoms with Gasteiger partial charge in [0.2, 0.25) is 0 Å². The number of aromatic nitrogens is 2. The van der Waals surface area contributed by atoms with Crippen LogP contribution < -0.4 is 0 Å². The number of rotatable bonds is 8. The largest absolute Gasteiger partial charge is 0.361 e. The van der Waals surface area contributed by atoms with Gasteiger partial charge < -0.3 is 4.98 Å². The highest BCUT2D eigenvalue weighted by molar-refractivity contribution is 9.11. The molecule has 0 aliphatic heterocycles. The number of benzene rings is 1. The van der Waals surface area contributed by atoms with Crippen LogP contribution in [0, 0.1) is 0 Å². The van der Waals surface area contributed by atoms with Crippen molar-refractivity contribution in [1.29, 1.82) is 0 Å². The molecule has 1 atom stereocenters. The fourth-order valence-corrected chi connectivity index (χ4v) is 5.40. The van der Waals surface area contributed by atoms with E-state index in [1.807, 2.05) is 12.4 Å². The Morgan fingerprint density at radius 2 is 2.23 bits per heavy atom. The van der Waals surface area contributed by atoms with Gasteiger partial charge in [0.15, 0.2) is 3.92 Å². The monoisotopic (exact) mass is 474 g/mol. The number of para-hydroxylation sites is 1. The highest BCUT2D eigenvalue weighted by Crippen LogP contribution is 2.38. The second kappa shape index (κ2) is 8.43. The SMILES string of the molecule is CSCc1cccc2c(C(CCOS(C)(=O)=O)c3cnc(Br)s3)c[nH]c12. The van der Waals surface area contributed by atoms with Crippen LogP contribution in [0.3, 0.4) is 0 Å². The number of thioether (sulfide) groups is 1. The van der Waals surface area contributed by atoms with Crippen LogP contribution in [0.2, 0.25) is 0 Å². The minimum Gasteiger partial charge on any atom is -0.361 e. The van der Waals surface area contributed by atoms with Gasteiger partial charge in [-0.25, -0.2) is 4.98 Å². The fourth-order valence-electron chi connectivity index (χ4n) is 3.00. The quantitative estimate of drug-likeness (QED) is 0.476. The molecule has 5 nitrogen and oxygen atoms in total. The molecule has 3 rings (SSSR count). The number of nitrogens with zero attached hydrogens (tertiary/aromatic N) is 1. The van der Waals surface area contributed by atoms with Crippen LogP contribution in [0.4, 0.5) is 0 Å². The number of H-pyrrole nitrogens is 1. The first-order chi connectivity index (χ1) is 12.4. The normalized spacial score (nSPS) is 13.3. The minimum absolute atomic E-state index is 0.0128. The van der Waals surface area contributed by atoms with E-state index in [4.69, 9.17) is 4.18 Å².